The number of benzene rings is 2. The lowest BCUT2D eigenvalue weighted by molar-refractivity contribution is -0.192. The van der Waals surface area contributed by atoms with Gasteiger partial charge in [0.25, 0.3) is 0 Å². The van der Waals surface area contributed by atoms with Crippen LogP contribution in [0.2, 0.25) is 0 Å². The van der Waals surface area contributed by atoms with Crippen LogP contribution in [0.15, 0.2) is 48.7 Å². The van der Waals surface area contributed by atoms with Crippen molar-refractivity contribution < 1.29 is 19.7 Å². The van der Waals surface area contributed by atoms with Gasteiger partial charge in [0.1, 0.15) is 6.10 Å². The van der Waals surface area contributed by atoms with E-state index < -0.39 is 17.1 Å². The third-order valence-electron chi connectivity index (χ3n) is 10.1. The highest BCUT2D eigenvalue weighted by Gasteiger charge is 2.73. The van der Waals surface area contributed by atoms with Gasteiger partial charge in [-0.3, -0.25) is 14.7 Å². The number of hydrogen-bond acceptors (Lipinski definition) is 6. The van der Waals surface area contributed by atoms with Crippen LogP contribution in [0.5, 0.6) is 11.5 Å². The number of aromatic nitrogens is 1. The number of likely N-dealkylation sites (tertiary alicyclic amines) is 1. The average molecular weight is 512 g/mol. The molecular weight excluding hydrogens is 478 g/mol. The Morgan fingerprint density at radius 1 is 1.13 bits per heavy atom. The van der Waals surface area contributed by atoms with Crippen LogP contribution in [0.25, 0.3) is 10.8 Å². The molecule has 8 rings (SSSR count). The normalized spacial score (nSPS) is 33.0. The number of phenolic OH excluding ortho intramolecular Hbond substituents is 1. The molecule has 7 heteroatoms. The van der Waals surface area contributed by atoms with Crippen molar-refractivity contribution in [3.05, 3.63) is 65.5 Å². The molecule has 196 valence electrons. The van der Waals surface area contributed by atoms with Gasteiger partial charge in [0.05, 0.1) is 29.2 Å². The van der Waals surface area contributed by atoms with Crippen molar-refractivity contribution in [3.63, 3.8) is 0 Å². The molecule has 1 spiro atoms. The predicted octanol–water partition coefficient (Wildman–Crippen LogP) is 3.23. The van der Waals surface area contributed by atoms with Crippen molar-refractivity contribution >= 4 is 16.7 Å². The lowest BCUT2D eigenvalue weighted by Crippen LogP contribution is -2.78. The van der Waals surface area contributed by atoms with Gasteiger partial charge in [-0.25, -0.2) is 0 Å². The van der Waals surface area contributed by atoms with Crippen LogP contribution in [-0.4, -0.2) is 62.9 Å². The fraction of sp³-hybridized carbons (Fsp3) is 0.484. The predicted molar refractivity (Wildman–Crippen MR) is 142 cm³/mol. The molecule has 7 nitrogen and oxygen atoms in total. The number of hydrogen-bond donors (Lipinski definition) is 3. The fourth-order valence-corrected chi connectivity index (χ4v) is 8.28. The molecule has 5 atom stereocenters. The number of aliphatic hydroxyl groups is 1. The summed E-state index contributed by atoms with van der Waals surface area (Å²) in [4.78, 5) is 20.3. The minimum absolute atomic E-state index is 0.0318. The molecule has 3 aliphatic carbocycles. The molecule has 1 amide bonds. The monoisotopic (exact) mass is 511 g/mol. The van der Waals surface area contributed by atoms with Gasteiger partial charge in [0.2, 0.25) is 5.91 Å². The van der Waals surface area contributed by atoms with Crippen molar-refractivity contribution in [1.82, 2.24) is 15.2 Å². The SMILES string of the molecule is O=C(Cc1cc2ccccc2cn1)N[C@@H]1CC[C@@]2(O)[C@H]3Cc4ccc(O)c5c4[C@@]2(CCN3CC2CC2)[C@H]1O5. The summed E-state index contributed by atoms with van der Waals surface area (Å²) in [6, 6.07) is 13.5. The third-order valence-corrected chi connectivity index (χ3v) is 10.1. The van der Waals surface area contributed by atoms with Crippen LogP contribution in [0.3, 0.4) is 0 Å². The number of fused-ring (bicyclic) bond motifs is 1. The zero-order valence-electron chi connectivity index (χ0n) is 21.4. The summed E-state index contributed by atoms with van der Waals surface area (Å²) in [6.45, 7) is 1.95. The first-order chi connectivity index (χ1) is 18.5. The van der Waals surface area contributed by atoms with E-state index in [9.17, 15) is 15.0 Å². The van der Waals surface area contributed by atoms with E-state index in [1.807, 2.05) is 42.6 Å². The molecule has 3 N–H and O–H groups in total. The molecule has 1 aromatic heterocycles. The highest BCUT2D eigenvalue weighted by molar-refractivity contribution is 5.84. The van der Waals surface area contributed by atoms with Gasteiger partial charge in [-0.1, -0.05) is 30.3 Å². The molecule has 0 radical (unpaired) electrons. The maximum atomic E-state index is 13.3. The van der Waals surface area contributed by atoms with Gasteiger partial charge in [0.15, 0.2) is 11.5 Å². The van der Waals surface area contributed by atoms with Crippen molar-refractivity contribution in [1.29, 1.82) is 0 Å². The molecular formula is C31H33N3O4. The molecule has 38 heavy (non-hydrogen) atoms. The van der Waals surface area contributed by atoms with Crippen LogP contribution in [0.4, 0.5) is 0 Å². The van der Waals surface area contributed by atoms with Crippen LogP contribution in [0.1, 0.15) is 48.9 Å². The zero-order chi connectivity index (χ0) is 25.6. The molecule has 2 aliphatic heterocycles. The van der Waals surface area contributed by atoms with E-state index in [4.69, 9.17) is 4.74 Å². The Kier molecular flexibility index (Phi) is 4.76. The number of amides is 1. The number of nitrogens with zero attached hydrogens (tertiary/aromatic N) is 2. The van der Waals surface area contributed by atoms with E-state index in [0.29, 0.717) is 18.6 Å². The lowest BCUT2D eigenvalue weighted by atomic mass is 9.48. The number of ether oxygens (including phenoxy) is 1. The first-order valence-corrected chi connectivity index (χ1v) is 14.1. The second-order valence-electron chi connectivity index (χ2n) is 12.2. The Morgan fingerprint density at radius 3 is 2.82 bits per heavy atom. The van der Waals surface area contributed by atoms with Crippen LogP contribution >= 0.6 is 0 Å². The van der Waals surface area contributed by atoms with E-state index in [2.05, 4.69) is 15.2 Å². The lowest BCUT2D eigenvalue weighted by Gasteiger charge is -2.64. The second kappa shape index (κ2) is 7.93. The molecule has 3 aromatic rings. The highest BCUT2D eigenvalue weighted by Crippen LogP contribution is 2.65. The Morgan fingerprint density at radius 2 is 1.97 bits per heavy atom. The van der Waals surface area contributed by atoms with Gasteiger partial charge < -0.3 is 20.3 Å². The van der Waals surface area contributed by atoms with Crippen molar-refractivity contribution in [3.8, 4) is 11.5 Å². The molecule has 0 unspecified atom stereocenters. The van der Waals surface area contributed by atoms with Gasteiger partial charge in [-0.05, 0) is 74.1 Å². The maximum Gasteiger partial charge on any atom is 0.226 e. The van der Waals surface area contributed by atoms with Crippen molar-refractivity contribution in [2.45, 2.75) is 74.1 Å². The van der Waals surface area contributed by atoms with Gasteiger partial charge in [-0.15, -0.1) is 0 Å². The quantitative estimate of drug-likeness (QED) is 0.487. The highest BCUT2D eigenvalue weighted by atomic mass is 16.5. The summed E-state index contributed by atoms with van der Waals surface area (Å²) in [7, 11) is 0. The van der Waals surface area contributed by atoms with E-state index in [1.54, 1.807) is 6.07 Å². The van der Waals surface area contributed by atoms with Crippen molar-refractivity contribution in [2.24, 2.45) is 5.92 Å². The van der Waals surface area contributed by atoms with E-state index in [-0.39, 0.29) is 30.2 Å². The number of piperidine rings is 1. The standard InChI is InChI=1S/C31H33N3O4/c35-24-8-7-20-14-25-31(37)10-9-23(33-26(36)15-22-13-19-3-1-2-4-21(19)16-32-22)29-30(31,27(20)28(24)38-29)11-12-34(25)17-18-5-6-18/h1-4,7-8,13,16,18,23,25,29,35,37H,5-6,9-12,14-15,17H2,(H,33,36)/t23-,25-,29+,30+,31-/m1/s1. The first kappa shape index (κ1) is 22.8. The second-order valence-corrected chi connectivity index (χ2v) is 12.2. The summed E-state index contributed by atoms with van der Waals surface area (Å²) in [5.74, 6) is 1.29. The fourth-order valence-electron chi connectivity index (χ4n) is 8.28. The summed E-state index contributed by atoms with van der Waals surface area (Å²) in [6.07, 6.45) is 6.93. The number of pyridine rings is 1. The van der Waals surface area contributed by atoms with Crippen LogP contribution < -0.4 is 10.1 Å². The largest absolute Gasteiger partial charge is 0.504 e. The maximum absolute atomic E-state index is 13.3. The smallest absolute Gasteiger partial charge is 0.226 e. The Balaban J connectivity index is 1.12. The molecule has 2 bridgehead atoms. The number of aromatic hydroxyl groups is 1. The van der Waals surface area contributed by atoms with E-state index in [1.165, 1.54) is 18.4 Å². The van der Waals surface area contributed by atoms with Gasteiger partial charge in [-0.2, -0.15) is 0 Å². The minimum Gasteiger partial charge on any atom is -0.504 e. The molecule has 5 aliphatic rings. The molecule has 3 heterocycles. The number of phenols is 1. The summed E-state index contributed by atoms with van der Waals surface area (Å²) >= 11 is 0. The van der Waals surface area contributed by atoms with Crippen LogP contribution in [-0.2, 0) is 23.1 Å². The van der Waals surface area contributed by atoms with Gasteiger partial charge in [0, 0.05) is 29.7 Å². The molecule has 1 saturated heterocycles. The minimum atomic E-state index is -0.946. The number of carbonyl (C=O) groups excluding carboxylic acids is 1. The van der Waals surface area contributed by atoms with Gasteiger partial charge >= 0.3 is 0 Å². The topological polar surface area (TPSA) is 94.9 Å². The molecule has 2 aromatic carbocycles. The van der Waals surface area contributed by atoms with E-state index in [0.717, 1.165) is 53.9 Å². The Bertz CT molecular complexity index is 1470. The summed E-state index contributed by atoms with van der Waals surface area (Å²) in [5.41, 5.74) is 1.31. The van der Waals surface area contributed by atoms with E-state index >= 15 is 0 Å². The Hall–Kier alpha value is -3.16. The third kappa shape index (κ3) is 3.09. The summed E-state index contributed by atoms with van der Waals surface area (Å²) in [5, 5.41) is 28.8. The van der Waals surface area contributed by atoms with Crippen LogP contribution in [0, 0.1) is 5.92 Å². The molecule has 2 saturated carbocycles. The average Bonchev–Trinajstić information content (AvgIpc) is 3.65. The Labute approximate surface area is 221 Å². The zero-order valence-corrected chi connectivity index (χ0v) is 21.4. The first-order valence-electron chi connectivity index (χ1n) is 14.1. The number of nitrogens with one attached hydrogen (secondary N) is 1. The summed E-state index contributed by atoms with van der Waals surface area (Å²) < 4.78 is 6.57. The molecule has 3 fully saturated rings. The number of rotatable bonds is 5. The number of carbonyl (C=O) groups is 1. The van der Waals surface area contributed by atoms with Crippen molar-refractivity contribution in [2.75, 3.05) is 13.1 Å².